The Morgan fingerprint density at radius 2 is 2.07 bits per heavy atom. The Bertz CT molecular complexity index is 485. The maximum absolute atomic E-state index is 13.0. The minimum absolute atomic E-state index is 0.0625. The van der Waals surface area contributed by atoms with Crippen LogP contribution >= 0.6 is 11.3 Å². The zero-order valence-electron chi connectivity index (χ0n) is 7.07. The molecule has 0 saturated carbocycles. The van der Waals surface area contributed by atoms with Gasteiger partial charge in [0, 0.05) is 10.1 Å². The Balaban J connectivity index is 2.69. The number of rotatable bonds is 1. The third kappa shape index (κ3) is 1.37. The lowest BCUT2D eigenvalue weighted by molar-refractivity contribution is 0.426. The van der Waals surface area contributed by atoms with E-state index in [9.17, 15) is 4.39 Å². The van der Waals surface area contributed by atoms with Crippen molar-refractivity contribution >= 4 is 39.7 Å². The zero-order chi connectivity index (χ0) is 10.3. The van der Waals surface area contributed by atoms with Crippen molar-refractivity contribution in [2.24, 2.45) is 0 Å². The fraction of sp³-hybridized carbons (Fsp3) is 0. The van der Waals surface area contributed by atoms with Crippen LogP contribution in [0.2, 0.25) is 0 Å². The van der Waals surface area contributed by atoms with Gasteiger partial charge in [0.05, 0.1) is 5.69 Å². The Labute approximate surface area is 83.7 Å². The van der Waals surface area contributed by atoms with Crippen molar-refractivity contribution in [2.75, 3.05) is 5.73 Å². The lowest BCUT2D eigenvalue weighted by atomic mass is 9.80. The lowest BCUT2D eigenvalue weighted by Crippen LogP contribution is -2.29. The second-order valence-electron chi connectivity index (χ2n) is 2.92. The summed E-state index contributed by atoms with van der Waals surface area (Å²) in [5, 5.41) is 17.9. The van der Waals surface area contributed by atoms with Crippen molar-refractivity contribution in [3.05, 3.63) is 23.3 Å². The topological polar surface area (TPSA) is 66.5 Å². The number of hydrogen-bond acceptors (Lipinski definition) is 4. The average Bonchev–Trinajstić information content (AvgIpc) is 2.43. The summed E-state index contributed by atoms with van der Waals surface area (Å²) >= 11 is 0.944. The predicted molar refractivity (Wildman–Crippen MR) is 56.0 cm³/mol. The van der Waals surface area contributed by atoms with E-state index in [1.54, 1.807) is 6.07 Å². The van der Waals surface area contributed by atoms with Crippen LogP contribution in [0.5, 0.6) is 0 Å². The molecular weight excluding hydrogens is 204 g/mol. The van der Waals surface area contributed by atoms with Gasteiger partial charge in [-0.3, -0.25) is 0 Å². The summed E-state index contributed by atoms with van der Waals surface area (Å²) in [6.45, 7) is 0. The van der Waals surface area contributed by atoms with Gasteiger partial charge in [0.2, 0.25) is 5.13 Å². The van der Waals surface area contributed by atoms with Gasteiger partial charge in [-0.1, -0.05) is 12.1 Å². The van der Waals surface area contributed by atoms with Crippen LogP contribution in [-0.2, 0) is 0 Å². The summed E-state index contributed by atoms with van der Waals surface area (Å²) in [5.74, 6) is 0. The summed E-state index contributed by atoms with van der Waals surface area (Å²) in [4.78, 5) is 0. The van der Waals surface area contributed by atoms with Gasteiger partial charge < -0.3 is 15.8 Å². The second kappa shape index (κ2) is 3.23. The molecule has 0 aliphatic carbocycles. The first-order valence-electron chi connectivity index (χ1n) is 3.93. The number of nitrogen functional groups attached to an aromatic ring is 1. The number of benzene rings is 1. The zero-order valence-corrected chi connectivity index (χ0v) is 7.88. The van der Waals surface area contributed by atoms with E-state index in [0.29, 0.717) is 15.5 Å². The van der Waals surface area contributed by atoms with E-state index in [1.165, 1.54) is 12.1 Å². The highest BCUT2D eigenvalue weighted by molar-refractivity contribution is 7.18. The van der Waals surface area contributed by atoms with Gasteiger partial charge in [0.25, 0.3) is 0 Å². The van der Waals surface area contributed by atoms with Gasteiger partial charge in [-0.05, 0) is 11.5 Å². The molecule has 0 saturated heterocycles. The molecule has 0 aliphatic heterocycles. The Hall–Kier alpha value is -1.11. The van der Waals surface area contributed by atoms with Gasteiger partial charge in [-0.25, -0.2) is 0 Å². The molecule has 1 heterocycles. The molecule has 6 heteroatoms. The monoisotopic (exact) mass is 211 g/mol. The minimum Gasteiger partial charge on any atom is -0.423 e. The van der Waals surface area contributed by atoms with Crippen LogP contribution in [0.25, 0.3) is 10.1 Å². The molecule has 72 valence electrons. The van der Waals surface area contributed by atoms with Crippen molar-refractivity contribution in [3.63, 3.8) is 0 Å². The molecule has 0 amide bonds. The number of nitrogens with two attached hydrogens (primary N) is 1. The molecule has 14 heavy (non-hydrogen) atoms. The average molecular weight is 211 g/mol. The first kappa shape index (κ1) is 9.45. The van der Waals surface area contributed by atoms with Crippen molar-refractivity contribution in [2.45, 2.75) is 0 Å². The highest BCUT2D eigenvalue weighted by atomic mass is 32.1. The maximum Gasteiger partial charge on any atom is 0.488 e. The molecule has 4 N–H and O–H groups in total. The van der Waals surface area contributed by atoms with Crippen LogP contribution in [0, 0.1) is 5.13 Å². The highest BCUT2D eigenvalue weighted by Crippen LogP contribution is 2.31. The molecule has 2 rings (SSSR count). The summed E-state index contributed by atoms with van der Waals surface area (Å²) < 4.78 is 13.7. The predicted octanol–water partition coefficient (Wildman–Crippen LogP) is 0.302. The summed E-state index contributed by atoms with van der Waals surface area (Å²) in [6.07, 6.45) is 0. The fourth-order valence-corrected chi connectivity index (χ4v) is 2.09. The van der Waals surface area contributed by atoms with Crippen molar-refractivity contribution < 1.29 is 14.4 Å². The van der Waals surface area contributed by atoms with Crippen molar-refractivity contribution in [1.82, 2.24) is 0 Å². The van der Waals surface area contributed by atoms with E-state index < -0.39 is 12.2 Å². The largest absolute Gasteiger partial charge is 0.488 e. The minimum atomic E-state index is -1.55. The summed E-state index contributed by atoms with van der Waals surface area (Å²) in [7, 11) is -1.55. The Morgan fingerprint density at radius 3 is 2.71 bits per heavy atom. The molecule has 2 aromatic rings. The fourth-order valence-electron chi connectivity index (χ4n) is 1.27. The molecule has 1 aromatic heterocycles. The van der Waals surface area contributed by atoms with Crippen LogP contribution in [0.4, 0.5) is 10.1 Å². The van der Waals surface area contributed by atoms with E-state index in [2.05, 4.69) is 0 Å². The van der Waals surface area contributed by atoms with Crippen LogP contribution in [0.1, 0.15) is 0 Å². The van der Waals surface area contributed by atoms with Gasteiger partial charge in [0.1, 0.15) is 0 Å². The third-order valence-corrected chi connectivity index (χ3v) is 2.98. The van der Waals surface area contributed by atoms with Gasteiger partial charge in [-0.2, -0.15) is 4.39 Å². The van der Waals surface area contributed by atoms with Crippen molar-refractivity contribution in [3.8, 4) is 0 Å². The first-order chi connectivity index (χ1) is 6.59. The molecule has 0 atom stereocenters. The van der Waals surface area contributed by atoms with Crippen LogP contribution < -0.4 is 11.2 Å². The molecule has 3 nitrogen and oxygen atoms in total. The van der Waals surface area contributed by atoms with Crippen LogP contribution in [0.3, 0.4) is 0 Å². The van der Waals surface area contributed by atoms with Gasteiger partial charge in [0.15, 0.2) is 0 Å². The highest BCUT2D eigenvalue weighted by Gasteiger charge is 2.14. The van der Waals surface area contributed by atoms with Crippen LogP contribution in [0.15, 0.2) is 18.2 Å². The number of fused-ring (bicyclic) bond motifs is 1. The molecule has 1 aromatic carbocycles. The van der Waals surface area contributed by atoms with E-state index in [-0.39, 0.29) is 5.69 Å². The molecule has 0 unspecified atom stereocenters. The third-order valence-electron chi connectivity index (χ3n) is 2.00. The maximum atomic E-state index is 13.0. The Morgan fingerprint density at radius 1 is 1.36 bits per heavy atom. The quantitative estimate of drug-likeness (QED) is 0.594. The summed E-state index contributed by atoms with van der Waals surface area (Å²) in [5.41, 5.74) is 5.85. The summed E-state index contributed by atoms with van der Waals surface area (Å²) in [6, 6.07) is 4.63. The molecule has 0 aliphatic rings. The normalized spacial score (nSPS) is 10.8. The first-order valence-corrected chi connectivity index (χ1v) is 4.75. The van der Waals surface area contributed by atoms with E-state index in [4.69, 9.17) is 15.8 Å². The SMILES string of the molecule is Nc1c(F)sc2ccc(B(O)O)cc12. The standard InChI is InChI=1S/C8H7BFNO2S/c10-8-7(11)5-3-4(9(12)13)1-2-6(5)14-8/h1-3,12-13H,11H2. The smallest absolute Gasteiger partial charge is 0.423 e. The van der Waals surface area contributed by atoms with Gasteiger partial charge >= 0.3 is 7.12 Å². The van der Waals surface area contributed by atoms with E-state index in [0.717, 1.165) is 11.3 Å². The molecule has 0 spiro atoms. The number of anilines is 1. The molecule has 0 radical (unpaired) electrons. The number of thiophene rings is 1. The molecular formula is C8H7BFNO2S. The Kier molecular flexibility index (Phi) is 2.18. The number of hydrogen-bond donors (Lipinski definition) is 3. The molecule has 0 fully saturated rings. The van der Waals surface area contributed by atoms with E-state index >= 15 is 0 Å². The number of halogens is 1. The second-order valence-corrected chi connectivity index (χ2v) is 3.92. The van der Waals surface area contributed by atoms with E-state index in [1.807, 2.05) is 0 Å². The van der Waals surface area contributed by atoms with Crippen molar-refractivity contribution in [1.29, 1.82) is 0 Å². The lowest BCUT2D eigenvalue weighted by Gasteiger charge is -1.98. The molecule has 0 bridgehead atoms. The van der Waals surface area contributed by atoms with Crippen LogP contribution in [-0.4, -0.2) is 17.2 Å². The van der Waals surface area contributed by atoms with Gasteiger partial charge in [-0.15, -0.1) is 11.3 Å².